The number of hydrogen-bond donors (Lipinski definition) is 4. The molecule has 0 aliphatic rings. The number of amides is 1. The number of anilines is 2. The van der Waals surface area contributed by atoms with Crippen molar-refractivity contribution in [3.63, 3.8) is 0 Å². The van der Waals surface area contributed by atoms with Crippen molar-refractivity contribution in [2.24, 2.45) is 0 Å². The zero-order chi connectivity index (χ0) is 19.6. The third kappa shape index (κ3) is 4.24. The number of nitrogens with two attached hydrogens (primary N) is 2. The molecule has 1 amide bonds. The predicted molar refractivity (Wildman–Crippen MR) is 102 cm³/mol. The number of carbonyl (C=O) groups excluding carboxylic acids is 1. The van der Waals surface area contributed by atoms with Gasteiger partial charge in [-0.05, 0) is 12.1 Å². The molecule has 7 nitrogen and oxygen atoms in total. The number of nitrogens with zero attached hydrogens (tertiary/aromatic N) is 1. The first-order valence-corrected chi connectivity index (χ1v) is 8.38. The van der Waals surface area contributed by atoms with Gasteiger partial charge in [0.1, 0.15) is 11.4 Å². The van der Waals surface area contributed by atoms with E-state index in [2.05, 4.69) is 15.3 Å². The molecule has 0 spiro atoms. The lowest BCUT2D eigenvalue weighted by Gasteiger charge is -2.13. The van der Waals surface area contributed by atoms with Crippen molar-refractivity contribution in [2.75, 3.05) is 11.5 Å². The molecule has 0 unspecified atom stereocenters. The van der Waals surface area contributed by atoms with E-state index in [1.54, 1.807) is 0 Å². The first-order valence-electron chi connectivity index (χ1n) is 7.63. The Kier molecular flexibility index (Phi) is 5.38. The summed E-state index contributed by atoms with van der Waals surface area (Å²) in [6.45, 7) is -0.118. The Hall–Kier alpha value is -2.97. The molecule has 0 radical (unpaired) electrons. The quantitative estimate of drug-likeness (QED) is 0.478. The van der Waals surface area contributed by atoms with Crippen LogP contribution in [-0.2, 0) is 6.54 Å². The van der Waals surface area contributed by atoms with Gasteiger partial charge in [-0.2, -0.15) is 0 Å². The van der Waals surface area contributed by atoms with Gasteiger partial charge < -0.3 is 26.5 Å². The molecule has 1 heterocycles. The van der Waals surface area contributed by atoms with Crippen molar-refractivity contribution in [1.82, 2.24) is 15.3 Å². The Bertz CT molecular complexity index is 989. The molecule has 3 rings (SSSR count). The summed E-state index contributed by atoms with van der Waals surface area (Å²) in [6, 6.07) is 7.41. The van der Waals surface area contributed by atoms with Gasteiger partial charge in [-0.15, -0.1) is 0 Å². The largest absolute Gasteiger partial charge is 0.453 e. The van der Waals surface area contributed by atoms with Crippen LogP contribution in [0.15, 0.2) is 36.7 Å². The number of halogens is 3. The fourth-order valence-electron chi connectivity index (χ4n) is 2.33. The molecule has 140 valence electrons. The highest BCUT2D eigenvalue weighted by Gasteiger charge is 2.17. The zero-order valence-corrected chi connectivity index (χ0v) is 15.2. The highest BCUT2D eigenvalue weighted by Crippen LogP contribution is 2.35. The number of rotatable bonds is 5. The predicted octanol–water partition coefficient (Wildman–Crippen LogP) is 3.74. The maximum Gasteiger partial charge on any atom is 0.271 e. The molecule has 0 fully saturated rings. The zero-order valence-electron chi connectivity index (χ0n) is 13.7. The van der Waals surface area contributed by atoms with Gasteiger partial charge in [-0.1, -0.05) is 29.3 Å². The summed E-state index contributed by atoms with van der Waals surface area (Å²) >= 11 is 11.8. The number of nitrogen functional groups attached to an aromatic ring is 2. The molecule has 0 aliphatic carbocycles. The average molecular weight is 410 g/mol. The number of hydrogen-bond acceptors (Lipinski definition) is 5. The lowest BCUT2D eigenvalue weighted by Crippen LogP contribution is -2.24. The molecule has 10 heteroatoms. The molecular weight excluding hydrogens is 396 g/mol. The minimum Gasteiger partial charge on any atom is -0.453 e. The number of ether oxygens (including phenoxy) is 1. The Balaban J connectivity index is 1.81. The van der Waals surface area contributed by atoms with E-state index in [1.165, 1.54) is 36.7 Å². The van der Waals surface area contributed by atoms with E-state index in [4.69, 9.17) is 39.4 Å². The number of carbonyl (C=O) groups is 1. The summed E-state index contributed by atoms with van der Waals surface area (Å²) in [5.74, 6) is -1.22. The van der Waals surface area contributed by atoms with Crippen molar-refractivity contribution in [3.05, 3.63) is 63.9 Å². The number of aromatic nitrogens is 2. The van der Waals surface area contributed by atoms with Crippen molar-refractivity contribution in [1.29, 1.82) is 0 Å². The maximum absolute atomic E-state index is 14.8. The van der Waals surface area contributed by atoms with Gasteiger partial charge in [0.2, 0.25) is 0 Å². The lowest BCUT2D eigenvalue weighted by molar-refractivity contribution is 0.0946. The smallest absolute Gasteiger partial charge is 0.271 e. The summed E-state index contributed by atoms with van der Waals surface area (Å²) in [4.78, 5) is 18.4. The van der Waals surface area contributed by atoms with Crippen LogP contribution in [0.1, 0.15) is 16.1 Å². The SMILES string of the molecule is Nc1cc(N)cc(Oc2c(Cl)ccc(CNC(=O)c3[nH]cnc3Cl)c2F)c1. The Morgan fingerprint density at radius 2 is 1.93 bits per heavy atom. The number of aromatic amines is 1. The average Bonchev–Trinajstić information content (AvgIpc) is 3.03. The van der Waals surface area contributed by atoms with Gasteiger partial charge >= 0.3 is 0 Å². The van der Waals surface area contributed by atoms with E-state index < -0.39 is 11.7 Å². The van der Waals surface area contributed by atoms with Crippen LogP contribution < -0.4 is 21.5 Å². The summed E-state index contributed by atoms with van der Waals surface area (Å²) in [7, 11) is 0. The molecule has 0 aliphatic heterocycles. The van der Waals surface area contributed by atoms with Crippen LogP contribution in [0.4, 0.5) is 15.8 Å². The molecule has 6 N–H and O–H groups in total. The van der Waals surface area contributed by atoms with Crippen molar-refractivity contribution in [3.8, 4) is 11.5 Å². The van der Waals surface area contributed by atoms with Crippen LogP contribution in [-0.4, -0.2) is 15.9 Å². The van der Waals surface area contributed by atoms with Crippen molar-refractivity contribution in [2.45, 2.75) is 6.54 Å². The van der Waals surface area contributed by atoms with Gasteiger partial charge in [0.05, 0.1) is 11.3 Å². The summed E-state index contributed by atoms with van der Waals surface area (Å²) in [5.41, 5.74) is 12.4. The van der Waals surface area contributed by atoms with E-state index in [0.29, 0.717) is 11.4 Å². The van der Waals surface area contributed by atoms with Crippen LogP contribution >= 0.6 is 23.2 Å². The van der Waals surface area contributed by atoms with E-state index in [0.717, 1.165) is 0 Å². The fraction of sp³-hybridized carbons (Fsp3) is 0.0588. The van der Waals surface area contributed by atoms with Crippen LogP contribution in [0.2, 0.25) is 10.2 Å². The van der Waals surface area contributed by atoms with Crippen LogP contribution in [0.25, 0.3) is 0 Å². The van der Waals surface area contributed by atoms with E-state index >= 15 is 0 Å². The Labute approximate surface area is 163 Å². The Morgan fingerprint density at radius 1 is 1.22 bits per heavy atom. The number of nitrogens with one attached hydrogen (secondary N) is 2. The fourth-order valence-corrected chi connectivity index (χ4v) is 2.70. The molecule has 2 aromatic carbocycles. The minimum absolute atomic E-state index is 0.0207. The molecule has 0 saturated heterocycles. The Morgan fingerprint density at radius 3 is 2.56 bits per heavy atom. The van der Waals surface area contributed by atoms with Crippen molar-refractivity contribution >= 4 is 40.5 Å². The lowest BCUT2D eigenvalue weighted by atomic mass is 10.2. The first-order chi connectivity index (χ1) is 12.8. The molecule has 0 bridgehead atoms. The van der Waals surface area contributed by atoms with Gasteiger partial charge in [0, 0.05) is 35.6 Å². The van der Waals surface area contributed by atoms with Gasteiger partial charge in [-0.25, -0.2) is 9.37 Å². The second kappa shape index (κ2) is 7.73. The second-order valence-corrected chi connectivity index (χ2v) is 6.30. The third-order valence-electron chi connectivity index (χ3n) is 3.56. The van der Waals surface area contributed by atoms with Crippen LogP contribution in [0.5, 0.6) is 11.5 Å². The van der Waals surface area contributed by atoms with E-state index in [9.17, 15) is 9.18 Å². The second-order valence-electron chi connectivity index (χ2n) is 5.54. The highest BCUT2D eigenvalue weighted by molar-refractivity contribution is 6.32. The molecule has 0 saturated carbocycles. The van der Waals surface area contributed by atoms with E-state index in [-0.39, 0.29) is 39.5 Å². The van der Waals surface area contributed by atoms with Gasteiger partial charge in [-0.3, -0.25) is 4.79 Å². The topological polar surface area (TPSA) is 119 Å². The summed E-state index contributed by atoms with van der Waals surface area (Å²) < 4.78 is 20.3. The van der Waals surface area contributed by atoms with Gasteiger partial charge in [0.25, 0.3) is 5.91 Å². The van der Waals surface area contributed by atoms with Gasteiger partial charge in [0.15, 0.2) is 16.7 Å². The van der Waals surface area contributed by atoms with E-state index in [1.807, 2.05) is 0 Å². The van der Waals surface area contributed by atoms with Crippen molar-refractivity contribution < 1.29 is 13.9 Å². The molecule has 1 aromatic heterocycles. The first kappa shape index (κ1) is 18.8. The molecule has 3 aromatic rings. The molecular formula is C17H14Cl2FN5O2. The maximum atomic E-state index is 14.8. The minimum atomic E-state index is -0.723. The van der Waals surface area contributed by atoms with Crippen LogP contribution in [0, 0.1) is 5.82 Å². The standard InChI is InChI=1S/C17H14Cl2FN5O2/c18-12-2-1-8(6-23-17(26)14-16(19)25-7-24-14)13(20)15(12)27-11-4-9(21)3-10(22)5-11/h1-5,7H,6,21-22H2,(H,23,26)(H,24,25). The van der Waals surface area contributed by atoms with Crippen LogP contribution in [0.3, 0.4) is 0 Å². The highest BCUT2D eigenvalue weighted by atomic mass is 35.5. The summed E-state index contributed by atoms with van der Waals surface area (Å²) in [6.07, 6.45) is 1.28. The molecule has 0 atom stereocenters. The number of imidazole rings is 1. The monoisotopic (exact) mass is 409 g/mol. The number of benzene rings is 2. The summed E-state index contributed by atoms with van der Waals surface area (Å²) in [5, 5.41) is 2.61. The molecule has 27 heavy (non-hydrogen) atoms. The normalized spacial score (nSPS) is 10.6. The third-order valence-corrected chi connectivity index (χ3v) is 4.14. The number of H-pyrrole nitrogens is 1.